The van der Waals surface area contributed by atoms with Crippen LogP contribution in [0.4, 0.5) is 0 Å². The van der Waals surface area contributed by atoms with E-state index in [2.05, 4.69) is 17.4 Å². The van der Waals surface area contributed by atoms with Gasteiger partial charge in [-0.3, -0.25) is 0 Å². The highest BCUT2D eigenvalue weighted by Crippen LogP contribution is 2.17. The average molecular weight is 263 g/mol. The van der Waals surface area contributed by atoms with Gasteiger partial charge in [-0.1, -0.05) is 35.5 Å². The van der Waals surface area contributed by atoms with Gasteiger partial charge in [0.15, 0.2) is 0 Å². The third-order valence-electron chi connectivity index (χ3n) is 3.63. The Labute approximate surface area is 113 Å². The standard InChI is InChI=1S/C14H21N3O2/c1-10-13(7-8-19-10)16-9-12(14(15)17-18)11-5-3-2-4-6-11/h2-6,10,12-13,16,18H,7-9H2,1H3,(H2,15,17). The summed E-state index contributed by atoms with van der Waals surface area (Å²) in [6.45, 7) is 3.49. The highest BCUT2D eigenvalue weighted by atomic mass is 16.5. The van der Waals surface area contributed by atoms with Crippen molar-refractivity contribution < 1.29 is 9.94 Å². The lowest BCUT2D eigenvalue weighted by atomic mass is 9.97. The smallest absolute Gasteiger partial charge is 0.147 e. The lowest BCUT2D eigenvalue weighted by Gasteiger charge is -2.21. The Balaban J connectivity index is 2.03. The Bertz CT molecular complexity index is 422. The van der Waals surface area contributed by atoms with Gasteiger partial charge in [0, 0.05) is 19.2 Å². The largest absolute Gasteiger partial charge is 0.409 e. The Morgan fingerprint density at radius 1 is 1.53 bits per heavy atom. The summed E-state index contributed by atoms with van der Waals surface area (Å²) < 4.78 is 5.52. The predicted octanol–water partition coefficient (Wildman–Crippen LogP) is 1.28. The van der Waals surface area contributed by atoms with Gasteiger partial charge in [0.2, 0.25) is 0 Å². The number of benzene rings is 1. The first kappa shape index (κ1) is 13.8. The number of nitrogens with one attached hydrogen (secondary N) is 1. The average Bonchev–Trinajstić information content (AvgIpc) is 2.85. The molecule has 1 aliphatic heterocycles. The van der Waals surface area contributed by atoms with E-state index < -0.39 is 0 Å². The molecule has 104 valence electrons. The second kappa shape index (κ2) is 6.54. The molecular weight excluding hydrogens is 242 g/mol. The van der Waals surface area contributed by atoms with Crippen molar-refractivity contribution in [2.75, 3.05) is 13.2 Å². The second-order valence-electron chi connectivity index (χ2n) is 4.87. The van der Waals surface area contributed by atoms with E-state index in [0.29, 0.717) is 12.6 Å². The normalized spacial score (nSPS) is 25.4. The number of hydrogen-bond acceptors (Lipinski definition) is 4. The number of hydrogen-bond donors (Lipinski definition) is 3. The van der Waals surface area contributed by atoms with E-state index in [-0.39, 0.29) is 17.9 Å². The number of oxime groups is 1. The zero-order valence-electron chi connectivity index (χ0n) is 11.1. The summed E-state index contributed by atoms with van der Waals surface area (Å²) in [5.74, 6) is 0.101. The molecule has 0 saturated carbocycles. The molecule has 3 unspecified atom stereocenters. The first-order valence-electron chi connectivity index (χ1n) is 6.59. The van der Waals surface area contributed by atoms with Crippen LogP contribution >= 0.6 is 0 Å². The molecular formula is C14H21N3O2. The van der Waals surface area contributed by atoms with E-state index in [1.807, 2.05) is 30.3 Å². The molecule has 4 N–H and O–H groups in total. The monoisotopic (exact) mass is 263 g/mol. The second-order valence-corrected chi connectivity index (χ2v) is 4.87. The maximum atomic E-state index is 8.92. The van der Waals surface area contributed by atoms with Gasteiger partial charge >= 0.3 is 0 Å². The molecule has 3 atom stereocenters. The lowest BCUT2D eigenvalue weighted by molar-refractivity contribution is 0.113. The number of ether oxygens (including phenoxy) is 1. The van der Waals surface area contributed by atoms with Gasteiger partial charge in [0.1, 0.15) is 5.84 Å². The van der Waals surface area contributed by atoms with Crippen LogP contribution < -0.4 is 11.1 Å². The molecule has 0 aromatic heterocycles. The molecule has 0 aliphatic carbocycles. The van der Waals surface area contributed by atoms with Crippen molar-refractivity contribution in [1.82, 2.24) is 5.32 Å². The molecule has 1 saturated heterocycles. The van der Waals surface area contributed by atoms with E-state index in [0.717, 1.165) is 18.6 Å². The Morgan fingerprint density at radius 3 is 2.84 bits per heavy atom. The lowest BCUT2D eigenvalue weighted by Crippen LogP contribution is -2.40. The number of amidine groups is 1. The van der Waals surface area contributed by atoms with E-state index in [4.69, 9.17) is 15.7 Å². The van der Waals surface area contributed by atoms with Gasteiger partial charge in [-0.2, -0.15) is 0 Å². The van der Waals surface area contributed by atoms with Gasteiger partial charge in [0.25, 0.3) is 0 Å². The fourth-order valence-electron chi connectivity index (χ4n) is 2.42. The molecule has 0 amide bonds. The maximum absolute atomic E-state index is 8.92. The van der Waals surface area contributed by atoms with Crippen LogP contribution in [0.25, 0.3) is 0 Å². The van der Waals surface area contributed by atoms with Crippen molar-refractivity contribution in [3.05, 3.63) is 35.9 Å². The summed E-state index contributed by atoms with van der Waals surface area (Å²) in [4.78, 5) is 0. The predicted molar refractivity (Wildman–Crippen MR) is 74.4 cm³/mol. The van der Waals surface area contributed by atoms with E-state index in [9.17, 15) is 0 Å². The van der Waals surface area contributed by atoms with Crippen LogP contribution in [0.1, 0.15) is 24.8 Å². The Hall–Kier alpha value is -1.59. The zero-order valence-corrected chi connectivity index (χ0v) is 11.1. The van der Waals surface area contributed by atoms with Crippen molar-refractivity contribution in [2.24, 2.45) is 10.9 Å². The first-order chi connectivity index (χ1) is 9.22. The molecule has 1 aliphatic rings. The molecule has 0 bridgehead atoms. The Kier molecular flexibility index (Phi) is 4.76. The van der Waals surface area contributed by atoms with Crippen LogP contribution in [0.5, 0.6) is 0 Å². The summed E-state index contributed by atoms with van der Waals surface area (Å²) in [7, 11) is 0. The number of nitrogens with two attached hydrogens (primary N) is 1. The SMILES string of the molecule is CC1OCCC1NCC(/C(N)=N/O)c1ccccc1. The summed E-state index contributed by atoms with van der Waals surface area (Å²) in [5.41, 5.74) is 6.84. The first-order valence-corrected chi connectivity index (χ1v) is 6.59. The highest BCUT2D eigenvalue weighted by molar-refractivity contribution is 5.87. The minimum absolute atomic E-state index is 0.126. The molecule has 5 nitrogen and oxygen atoms in total. The fourth-order valence-corrected chi connectivity index (χ4v) is 2.42. The van der Waals surface area contributed by atoms with Crippen molar-refractivity contribution >= 4 is 5.84 Å². The van der Waals surface area contributed by atoms with Crippen LogP contribution in [0, 0.1) is 0 Å². The van der Waals surface area contributed by atoms with E-state index >= 15 is 0 Å². The number of nitrogens with zero attached hydrogens (tertiary/aromatic N) is 1. The van der Waals surface area contributed by atoms with Crippen molar-refractivity contribution in [1.29, 1.82) is 0 Å². The van der Waals surface area contributed by atoms with Crippen molar-refractivity contribution in [2.45, 2.75) is 31.4 Å². The van der Waals surface area contributed by atoms with Gasteiger partial charge < -0.3 is 21.0 Å². The molecule has 19 heavy (non-hydrogen) atoms. The minimum Gasteiger partial charge on any atom is -0.409 e. The molecule has 2 rings (SSSR count). The molecule has 1 aromatic rings. The fraction of sp³-hybridized carbons (Fsp3) is 0.500. The van der Waals surface area contributed by atoms with Crippen LogP contribution in [-0.2, 0) is 4.74 Å². The summed E-state index contributed by atoms with van der Waals surface area (Å²) in [6.07, 6.45) is 1.21. The van der Waals surface area contributed by atoms with Crippen LogP contribution in [0.2, 0.25) is 0 Å². The third-order valence-corrected chi connectivity index (χ3v) is 3.63. The third kappa shape index (κ3) is 3.45. The van der Waals surface area contributed by atoms with Gasteiger partial charge in [-0.05, 0) is 18.9 Å². The molecule has 0 spiro atoms. The van der Waals surface area contributed by atoms with Crippen LogP contribution in [0.3, 0.4) is 0 Å². The number of rotatable bonds is 5. The minimum atomic E-state index is -0.126. The topological polar surface area (TPSA) is 79.9 Å². The summed E-state index contributed by atoms with van der Waals surface area (Å²) in [6, 6.07) is 10.2. The molecule has 5 heteroatoms. The van der Waals surface area contributed by atoms with Crippen molar-refractivity contribution in [3.8, 4) is 0 Å². The quantitative estimate of drug-likeness (QED) is 0.323. The van der Waals surface area contributed by atoms with Gasteiger partial charge in [0.05, 0.1) is 12.0 Å². The van der Waals surface area contributed by atoms with Gasteiger partial charge in [-0.15, -0.1) is 0 Å². The molecule has 1 fully saturated rings. The maximum Gasteiger partial charge on any atom is 0.147 e. The highest BCUT2D eigenvalue weighted by Gasteiger charge is 2.25. The van der Waals surface area contributed by atoms with E-state index in [1.165, 1.54) is 0 Å². The zero-order chi connectivity index (χ0) is 13.7. The summed E-state index contributed by atoms with van der Waals surface area (Å²) in [5, 5.41) is 15.5. The summed E-state index contributed by atoms with van der Waals surface area (Å²) >= 11 is 0. The van der Waals surface area contributed by atoms with E-state index in [1.54, 1.807) is 0 Å². The molecule has 1 heterocycles. The van der Waals surface area contributed by atoms with Crippen LogP contribution in [-0.4, -0.2) is 36.3 Å². The molecule has 1 aromatic carbocycles. The van der Waals surface area contributed by atoms with Crippen molar-refractivity contribution in [3.63, 3.8) is 0 Å². The Morgan fingerprint density at radius 2 is 2.26 bits per heavy atom. The molecule has 0 radical (unpaired) electrons. The van der Waals surface area contributed by atoms with Crippen LogP contribution in [0.15, 0.2) is 35.5 Å². The van der Waals surface area contributed by atoms with Gasteiger partial charge in [-0.25, -0.2) is 0 Å².